The average Bonchev–Trinajstić information content (AvgIpc) is 3.08. The number of anilines is 2. The normalized spacial score (nSPS) is 18.8. The summed E-state index contributed by atoms with van der Waals surface area (Å²) >= 11 is 0. The number of nitrogens with zero attached hydrogens (tertiary/aromatic N) is 4. The lowest BCUT2D eigenvalue weighted by Crippen LogP contribution is -2.22. The van der Waals surface area contributed by atoms with Crippen molar-refractivity contribution >= 4 is 22.8 Å². The van der Waals surface area contributed by atoms with E-state index >= 15 is 0 Å². The number of ether oxygens (including phenoxy) is 1. The summed E-state index contributed by atoms with van der Waals surface area (Å²) in [5, 5.41) is 7.73. The zero-order valence-corrected chi connectivity index (χ0v) is 11.7. The molecule has 7 nitrogen and oxygen atoms in total. The third-order valence-electron chi connectivity index (χ3n) is 3.71. The predicted octanol–water partition coefficient (Wildman–Crippen LogP) is 1.33. The van der Waals surface area contributed by atoms with Crippen molar-refractivity contribution in [1.82, 2.24) is 20.2 Å². The first kappa shape index (κ1) is 13.1. The van der Waals surface area contributed by atoms with E-state index in [1.807, 2.05) is 7.05 Å². The highest BCUT2D eigenvalue weighted by molar-refractivity contribution is 5.87. The maximum atomic E-state index is 5.73. The molecule has 2 aromatic heterocycles. The topological polar surface area (TPSA) is 93.0 Å². The van der Waals surface area contributed by atoms with Gasteiger partial charge in [-0.1, -0.05) is 0 Å². The highest BCUT2D eigenvalue weighted by Crippen LogP contribution is 2.23. The van der Waals surface area contributed by atoms with E-state index in [9.17, 15) is 0 Å². The van der Waals surface area contributed by atoms with Crippen LogP contribution in [0.4, 0.5) is 11.8 Å². The summed E-state index contributed by atoms with van der Waals surface area (Å²) in [6, 6.07) is 0. The molecule has 1 saturated heterocycles. The Balaban J connectivity index is 1.65. The summed E-state index contributed by atoms with van der Waals surface area (Å²) in [4.78, 5) is 10.6. The van der Waals surface area contributed by atoms with Crippen molar-refractivity contribution in [1.29, 1.82) is 0 Å². The average molecular weight is 276 g/mol. The Labute approximate surface area is 117 Å². The van der Waals surface area contributed by atoms with Gasteiger partial charge in [0.2, 0.25) is 5.95 Å². The minimum Gasteiger partial charge on any atom is -0.378 e. The maximum Gasteiger partial charge on any atom is 0.224 e. The first-order valence-electron chi connectivity index (χ1n) is 7.03. The molecule has 7 heteroatoms. The molecular formula is C13H20N6O. The molecule has 108 valence electrons. The van der Waals surface area contributed by atoms with Crippen molar-refractivity contribution in [3.8, 4) is 0 Å². The lowest BCUT2D eigenvalue weighted by atomic mass is 10.1. The SMILES string of the molecule is CN(CCC[C@@H]1CCCO1)c1nc(N)nc2[nH]ncc12. The van der Waals surface area contributed by atoms with Crippen LogP contribution in [0.2, 0.25) is 0 Å². The Morgan fingerprint density at radius 1 is 1.50 bits per heavy atom. The number of H-pyrrole nitrogens is 1. The van der Waals surface area contributed by atoms with Crippen LogP contribution in [0.15, 0.2) is 6.20 Å². The number of nitrogen functional groups attached to an aromatic ring is 1. The van der Waals surface area contributed by atoms with E-state index < -0.39 is 0 Å². The molecule has 1 aliphatic rings. The standard InChI is InChI=1S/C13H20N6O/c1-19(6-2-4-9-5-3-7-20-9)12-10-8-15-18-11(10)16-13(14)17-12/h8-9H,2-7H2,1H3,(H3,14,15,16,17,18)/t9-/m1/s1. The van der Waals surface area contributed by atoms with E-state index in [2.05, 4.69) is 25.1 Å². The van der Waals surface area contributed by atoms with Gasteiger partial charge >= 0.3 is 0 Å². The Kier molecular flexibility index (Phi) is 3.68. The van der Waals surface area contributed by atoms with E-state index in [1.54, 1.807) is 6.20 Å². The summed E-state index contributed by atoms with van der Waals surface area (Å²) in [6.07, 6.45) is 6.73. The molecule has 3 rings (SSSR count). The number of aromatic amines is 1. The third kappa shape index (κ3) is 2.67. The van der Waals surface area contributed by atoms with Gasteiger partial charge in [-0.05, 0) is 25.7 Å². The van der Waals surface area contributed by atoms with Gasteiger partial charge in [-0.2, -0.15) is 15.1 Å². The molecular weight excluding hydrogens is 256 g/mol. The Morgan fingerprint density at radius 3 is 3.20 bits per heavy atom. The lowest BCUT2D eigenvalue weighted by Gasteiger charge is -2.19. The lowest BCUT2D eigenvalue weighted by molar-refractivity contribution is 0.103. The van der Waals surface area contributed by atoms with Crippen molar-refractivity contribution in [2.45, 2.75) is 31.8 Å². The highest BCUT2D eigenvalue weighted by Gasteiger charge is 2.16. The smallest absolute Gasteiger partial charge is 0.224 e. The molecule has 20 heavy (non-hydrogen) atoms. The van der Waals surface area contributed by atoms with E-state index in [1.165, 1.54) is 12.8 Å². The molecule has 0 aromatic carbocycles. The molecule has 0 bridgehead atoms. The number of aromatic nitrogens is 4. The highest BCUT2D eigenvalue weighted by atomic mass is 16.5. The van der Waals surface area contributed by atoms with Crippen LogP contribution in [0.25, 0.3) is 11.0 Å². The second-order valence-corrected chi connectivity index (χ2v) is 5.24. The van der Waals surface area contributed by atoms with E-state index in [0.29, 0.717) is 11.8 Å². The molecule has 1 atom stereocenters. The monoisotopic (exact) mass is 276 g/mol. The fourth-order valence-corrected chi connectivity index (χ4v) is 2.66. The van der Waals surface area contributed by atoms with Gasteiger partial charge in [0.05, 0.1) is 17.7 Å². The van der Waals surface area contributed by atoms with E-state index in [0.717, 1.165) is 37.2 Å². The maximum absolute atomic E-state index is 5.73. The molecule has 0 saturated carbocycles. The fourth-order valence-electron chi connectivity index (χ4n) is 2.66. The summed E-state index contributed by atoms with van der Waals surface area (Å²) < 4.78 is 5.64. The fraction of sp³-hybridized carbons (Fsp3) is 0.615. The molecule has 3 heterocycles. The summed E-state index contributed by atoms with van der Waals surface area (Å²) in [7, 11) is 2.02. The predicted molar refractivity (Wildman–Crippen MR) is 77.6 cm³/mol. The van der Waals surface area contributed by atoms with Crippen LogP contribution in [0, 0.1) is 0 Å². The van der Waals surface area contributed by atoms with Crippen LogP contribution in [0.5, 0.6) is 0 Å². The van der Waals surface area contributed by atoms with Crippen molar-refractivity contribution in [2.75, 3.05) is 30.8 Å². The van der Waals surface area contributed by atoms with Gasteiger partial charge in [0.1, 0.15) is 5.82 Å². The Bertz CT molecular complexity index is 577. The van der Waals surface area contributed by atoms with Crippen molar-refractivity contribution < 1.29 is 4.74 Å². The van der Waals surface area contributed by atoms with Gasteiger partial charge in [-0.25, -0.2) is 0 Å². The molecule has 0 amide bonds. The van der Waals surface area contributed by atoms with Crippen LogP contribution in [0.1, 0.15) is 25.7 Å². The molecule has 0 spiro atoms. The van der Waals surface area contributed by atoms with Crippen LogP contribution >= 0.6 is 0 Å². The van der Waals surface area contributed by atoms with E-state index in [-0.39, 0.29) is 5.95 Å². The number of rotatable bonds is 5. The summed E-state index contributed by atoms with van der Waals surface area (Å²) in [5.41, 5.74) is 6.41. The second kappa shape index (κ2) is 5.62. The van der Waals surface area contributed by atoms with Gasteiger partial charge in [0, 0.05) is 20.2 Å². The number of fused-ring (bicyclic) bond motifs is 1. The van der Waals surface area contributed by atoms with Gasteiger partial charge in [-0.3, -0.25) is 5.10 Å². The molecule has 2 aromatic rings. The Morgan fingerprint density at radius 2 is 2.40 bits per heavy atom. The van der Waals surface area contributed by atoms with Crippen molar-refractivity contribution in [3.05, 3.63) is 6.20 Å². The zero-order valence-electron chi connectivity index (χ0n) is 11.7. The molecule has 3 N–H and O–H groups in total. The third-order valence-corrected chi connectivity index (χ3v) is 3.71. The van der Waals surface area contributed by atoms with Crippen LogP contribution < -0.4 is 10.6 Å². The number of hydrogen-bond donors (Lipinski definition) is 2. The van der Waals surface area contributed by atoms with Gasteiger partial charge in [-0.15, -0.1) is 0 Å². The first-order chi connectivity index (χ1) is 9.74. The van der Waals surface area contributed by atoms with E-state index in [4.69, 9.17) is 10.5 Å². The number of nitrogens with two attached hydrogens (primary N) is 1. The number of hydrogen-bond acceptors (Lipinski definition) is 6. The number of nitrogens with one attached hydrogen (secondary N) is 1. The van der Waals surface area contributed by atoms with Crippen molar-refractivity contribution in [2.24, 2.45) is 0 Å². The molecule has 0 radical (unpaired) electrons. The molecule has 1 aliphatic heterocycles. The van der Waals surface area contributed by atoms with Crippen LogP contribution in [0.3, 0.4) is 0 Å². The molecule has 1 fully saturated rings. The molecule has 0 unspecified atom stereocenters. The summed E-state index contributed by atoms with van der Waals surface area (Å²) in [5.74, 6) is 1.09. The minimum atomic E-state index is 0.266. The quantitative estimate of drug-likeness (QED) is 0.855. The zero-order chi connectivity index (χ0) is 13.9. The van der Waals surface area contributed by atoms with Crippen LogP contribution in [-0.4, -0.2) is 46.5 Å². The summed E-state index contributed by atoms with van der Waals surface area (Å²) in [6.45, 7) is 1.83. The minimum absolute atomic E-state index is 0.266. The first-order valence-corrected chi connectivity index (χ1v) is 7.03. The van der Waals surface area contributed by atoms with Gasteiger partial charge in [0.25, 0.3) is 0 Å². The van der Waals surface area contributed by atoms with Crippen molar-refractivity contribution in [3.63, 3.8) is 0 Å². The molecule has 0 aliphatic carbocycles. The van der Waals surface area contributed by atoms with Gasteiger partial charge < -0.3 is 15.4 Å². The van der Waals surface area contributed by atoms with Crippen LogP contribution in [-0.2, 0) is 4.74 Å². The Hall–Kier alpha value is -1.89. The van der Waals surface area contributed by atoms with Gasteiger partial charge in [0.15, 0.2) is 5.65 Å². The second-order valence-electron chi connectivity index (χ2n) is 5.24. The largest absolute Gasteiger partial charge is 0.378 e.